The maximum atomic E-state index is 12.4. The van der Waals surface area contributed by atoms with Crippen molar-refractivity contribution in [1.29, 1.82) is 0 Å². The molecule has 0 aliphatic heterocycles. The first-order valence-electron chi connectivity index (χ1n) is 6.77. The Morgan fingerprint density at radius 1 is 1.56 bits per heavy atom. The lowest BCUT2D eigenvalue weighted by atomic mass is 9.75. The van der Waals surface area contributed by atoms with Crippen molar-refractivity contribution in [2.75, 3.05) is 5.73 Å². The van der Waals surface area contributed by atoms with Crippen LogP contribution in [0.3, 0.4) is 0 Å². The van der Waals surface area contributed by atoms with Gasteiger partial charge in [-0.15, -0.1) is 0 Å². The molecule has 0 saturated heterocycles. The SMILES string of the molecule is CCC1(NC(=O)c2cc(N)cn2C(C)C)CCC1. The van der Waals surface area contributed by atoms with Gasteiger partial charge in [0.25, 0.3) is 5.91 Å². The Morgan fingerprint density at radius 2 is 2.22 bits per heavy atom. The summed E-state index contributed by atoms with van der Waals surface area (Å²) in [5.41, 5.74) is 7.14. The summed E-state index contributed by atoms with van der Waals surface area (Å²) in [5, 5.41) is 3.19. The largest absolute Gasteiger partial charge is 0.397 e. The lowest BCUT2D eigenvalue weighted by molar-refractivity contribution is 0.0809. The van der Waals surface area contributed by atoms with E-state index in [4.69, 9.17) is 5.73 Å². The number of carbonyl (C=O) groups excluding carboxylic acids is 1. The Balaban J connectivity index is 2.18. The lowest BCUT2D eigenvalue weighted by Crippen LogP contribution is -2.53. The van der Waals surface area contributed by atoms with Crippen molar-refractivity contribution in [3.63, 3.8) is 0 Å². The lowest BCUT2D eigenvalue weighted by Gasteiger charge is -2.42. The number of nitrogens with zero attached hydrogens (tertiary/aromatic N) is 1. The summed E-state index contributed by atoms with van der Waals surface area (Å²) in [6.07, 6.45) is 6.22. The van der Waals surface area contributed by atoms with Crippen LogP contribution in [0.4, 0.5) is 5.69 Å². The Hall–Kier alpha value is -1.45. The molecule has 4 heteroatoms. The maximum absolute atomic E-state index is 12.4. The zero-order valence-electron chi connectivity index (χ0n) is 11.5. The summed E-state index contributed by atoms with van der Waals surface area (Å²) < 4.78 is 1.94. The van der Waals surface area contributed by atoms with E-state index in [1.165, 1.54) is 6.42 Å². The molecule has 2 rings (SSSR count). The van der Waals surface area contributed by atoms with Gasteiger partial charge < -0.3 is 15.6 Å². The Labute approximate surface area is 109 Å². The smallest absolute Gasteiger partial charge is 0.268 e. The van der Waals surface area contributed by atoms with Gasteiger partial charge in [-0.25, -0.2) is 0 Å². The first-order valence-corrected chi connectivity index (χ1v) is 6.77. The van der Waals surface area contributed by atoms with Gasteiger partial charge in [-0.2, -0.15) is 0 Å². The maximum Gasteiger partial charge on any atom is 0.268 e. The summed E-state index contributed by atoms with van der Waals surface area (Å²) in [6.45, 7) is 6.24. The van der Waals surface area contributed by atoms with Gasteiger partial charge in [-0.3, -0.25) is 4.79 Å². The number of aromatic nitrogens is 1. The van der Waals surface area contributed by atoms with Gasteiger partial charge >= 0.3 is 0 Å². The quantitative estimate of drug-likeness (QED) is 0.862. The Morgan fingerprint density at radius 3 is 2.67 bits per heavy atom. The Bertz CT molecular complexity index is 438. The number of hydrogen-bond donors (Lipinski definition) is 2. The van der Waals surface area contributed by atoms with Crippen molar-refractivity contribution >= 4 is 11.6 Å². The summed E-state index contributed by atoms with van der Waals surface area (Å²) in [5.74, 6) is 0.00181. The molecule has 0 bridgehead atoms. The summed E-state index contributed by atoms with van der Waals surface area (Å²) in [4.78, 5) is 12.4. The van der Waals surface area contributed by atoms with Crippen LogP contribution in [0.1, 0.15) is 63.0 Å². The van der Waals surface area contributed by atoms with Crippen LogP contribution < -0.4 is 11.1 Å². The molecule has 4 nitrogen and oxygen atoms in total. The molecule has 0 atom stereocenters. The molecular weight excluding hydrogens is 226 g/mol. The molecule has 1 heterocycles. The first kappa shape index (κ1) is 13.0. The third-order valence-electron chi connectivity index (χ3n) is 4.02. The number of hydrogen-bond acceptors (Lipinski definition) is 2. The molecule has 1 aliphatic carbocycles. The third-order valence-corrected chi connectivity index (χ3v) is 4.02. The minimum atomic E-state index is 0.00181. The fraction of sp³-hybridized carbons (Fsp3) is 0.643. The number of anilines is 1. The van der Waals surface area contributed by atoms with Crippen LogP contribution in [-0.4, -0.2) is 16.0 Å². The predicted octanol–water partition coefficient (Wildman–Crippen LogP) is 2.71. The summed E-state index contributed by atoms with van der Waals surface area (Å²) in [6, 6.07) is 2.00. The highest BCUT2D eigenvalue weighted by molar-refractivity contribution is 5.94. The standard InChI is InChI=1S/C14H23N3O/c1-4-14(6-5-7-14)16-13(18)12-8-11(15)9-17(12)10(2)3/h8-10H,4-7,15H2,1-3H3,(H,16,18). The molecule has 0 aromatic carbocycles. The number of nitrogens with one attached hydrogen (secondary N) is 1. The van der Waals surface area contributed by atoms with E-state index in [0.29, 0.717) is 11.4 Å². The van der Waals surface area contributed by atoms with Crippen LogP contribution >= 0.6 is 0 Å². The highest BCUT2D eigenvalue weighted by Crippen LogP contribution is 2.35. The molecule has 3 N–H and O–H groups in total. The van der Waals surface area contributed by atoms with Crippen LogP contribution in [0.2, 0.25) is 0 Å². The monoisotopic (exact) mass is 249 g/mol. The topological polar surface area (TPSA) is 60.1 Å². The molecule has 1 amide bonds. The fourth-order valence-corrected chi connectivity index (χ4v) is 2.59. The molecule has 1 saturated carbocycles. The molecule has 100 valence electrons. The van der Waals surface area contributed by atoms with E-state index in [9.17, 15) is 4.79 Å². The second kappa shape index (κ2) is 4.67. The van der Waals surface area contributed by atoms with Gasteiger partial charge in [0.05, 0.1) is 5.69 Å². The van der Waals surface area contributed by atoms with E-state index in [1.807, 2.05) is 10.8 Å². The number of amides is 1. The van der Waals surface area contributed by atoms with E-state index < -0.39 is 0 Å². The minimum Gasteiger partial charge on any atom is -0.397 e. The first-order chi connectivity index (χ1) is 8.47. The van der Waals surface area contributed by atoms with Crippen LogP contribution in [0.15, 0.2) is 12.3 Å². The second-order valence-electron chi connectivity index (χ2n) is 5.60. The molecule has 0 spiro atoms. The number of rotatable bonds is 4. The van der Waals surface area contributed by atoms with Crippen molar-refractivity contribution in [3.05, 3.63) is 18.0 Å². The molecule has 1 fully saturated rings. The zero-order chi connectivity index (χ0) is 13.3. The average Bonchev–Trinajstić information content (AvgIpc) is 2.66. The third kappa shape index (κ3) is 2.24. The fourth-order valence-electron chi connectivity index (χ4n) is 2.59. The zero-order valence-corrected chi connectivity index (χ0v) is 11.5. The van der Waals surface area contributed by atoms with Crippen molar-refractivity contribution in [2.24, 2.45) is 0 Å². The van der Waals surface area contributed by atoms with E-state index in [1.54, 1.807) is 6.07 Å². The summed E-state index contributed by atoms with van der Waals surface area (Å²) in [7, 11) is 0. The van der Waals surface area contributed by atoms with Crippen LogP contribution in [0.25, 0.3) is 0 Å². The van der Waals surface area contributed by atoms with Crippen molar-refractivity contribution in [2.45, 2.75) is 58.0 Å². The van der Waals surface area contributed by atoms with Gasteiger partial charge in [0.1, 0.15) is 5.69 Å². The normalized spacial score (nSPS) is 17.6. The van der Waals surface area contributed by atoms with Gasteiger partial charge in [0.15, 0.2) is 0 Å². The molecule has 1 aromatic rings. The van der Waals surface area contributed by atoms with E-state index >= 15 is 0 Å². The van der Waals surface area contributed by atoms with Crippen LogP contribution in [0, 0.1) is 0 Å². The van der Waals surface area contributed by atoms with Crippen molar-refractivity contribution in [3.8, 4) is 0 Å². The average molecular weight is 249 g/mol. The molecule has 0 unspecified atom stereocenters. The molecule has 1 aliphatic rings. The molecule has 0 radical (unpaired) electrons. The summed E-state index contributed by atoms with van der Waals surface area (Å²) >= 11 is 0. The van der Waals surface area contributed by atoms with Gasteiger partial charge in [-0.05, 0) is 45.6 Å². The highest BCUT2D eigenvalue weighted by Gasteiger charge is 2.37. The van der Waals surface area contributed by atoms with Crippen molar-refractivity contribution < 1.29 is 4.79 Å². The second-order valence-corrected chi connectivity index (χ2v) is 5.60. The van der Waals surface area contributed by atoms with E-state index in [0.717, 1.165) is 19.3 Å². The predicted molar refractivity (Wildman–Crippen MR) is 73.6 cm³/mol. The van der Waals surface area contributed by atoms with Gasteiger partial charge in [-0.1, -0.05) is 6.92 Å². The van der Waals surface area contributed by atoms with Crippen LogP contribution in [0.5, 0.6) is 0 Å². The van der Waals surface area contributed by atoms with Crippen molar-refractivity contribution in [1.82, 2.24) is 9.88 Å². The number of nitrogen functional groups attached to an aromatic ring is 1. The molecule has 18 heavy (non-hydrogen) atoms. The number of nitrogens with two attached hydrogens (primary N) is 1. The molecule has 1 aromatic heterocycles. The van der Waals surface area contributed by atoms with Gasteiger partial charge in [0, 0.05) is 17.8 Å². The Kier molecular flexibility index (Phi) is 3.37. The van der Waals surface area contributed by atoms with E-state index in [2.05, 4.69) is 26.1 Å². The highest BCUT2D eigenvalue weighted by atomic mass is 16.2. The minimum absolute atomic E-state index is 0.00181. The van der Waals surface area contributed by atoms with Gasteiger partial charge in [0.2, 0.25) is 0 Å². The number of carbonyl (C=O) groups is 1. The van der Waals surface area contributed by atoms with Crippen LogP contribution in [-0.2, 0) is 0 Å². The van der Waals surface area contributed by atoms with E-state index in [-0.39, 0.29) is 17.5 Å². The molecular formula is C14H23N3O.